The highest BCUT2D eigenvalue weighted by atomic mass is 35.5. The normalized spacial score (nSPS) is 14.3. The van der Waals surface area contributed by atoms with Gasteiger partial charge in [0.1, 0.15) is 11.6 Å². The second-order valence-corrected chi connectivity index (χ2v) is 7.77. The van der Waals surface area contributed by atoms with Gasteiger partial charge in [0.2, 0.25) is 0 Å². The SMILES string of the molecule is Cc1cc(C(=O)Cn2ncc(Cl)c(Cl)c2=O)c(C)n1CCC1=CCCCC1. The van der Waals surface area contributed by atoms with E-state index in [9.17, 15) is 9.59 Å². The number of hydrogen-bond donors (Lipinski definition) is 0. The molecule has 0 spiro atoms. The van der Waals surface area contributed by atoms with Crippen LogP contribution >= 0.6 is 23.2 Å². The Hall–Kier alpha value is -1.85. The van der Waals surface area contributed by atoms with E-state index in [1.807, 2.05) is 19.9 Å². The lowest BCUT2D eigenvalue weighted by atomic mass is 9.97. The molecule has 2 aromatic rings. The lowest BCUT2D eigenvalue weighted by Gasteiger charge is -2.15. The molecule has 2 heterocycles. The van der Waals surface area contributed by atoms with Crippen molar-refractivity contribution >= 4 is 29.0 Å². The first-order valence-electron chi connectivity index (χ1n) is 9.17. The Balaban J connectivity index is 1.77. The Kier molecular flexibility index (Phi) is 6.22. The van der Waals surface area contributed by atoms with Crippen molar-refractivity contribution in [1.82, 2.24) is 14.3 Å². The number of aryl methyl sites for hydroxylation is 1. The van der Waals surface area contributed by atoms with Gasteiger partial charge < -0.3 is 4.57 Å². The smallest absolute Gasteiger partial charge is 0.287 e. The van der Waals surface area contributed by atoms with Crippen LogP contribution < -0.4 is 5.56 Å². The fourth-order valence-corrected chi connectivity index (χ4v) is 3.86. The quantitative estimate of drug-likeness (QED) is 0.512. The lowest BCUT2D eigenvalue weighted by Crippen LogP contribution is -2.27. The summed E-state index contributed by atoms with van der Waals surface area (Å²) in [5.74, 6) is -0.167. The van der Waals surface area contributed by atoms with Crippen LogP contribution in [0.1, 0.15) is 53.8 Å². The Bertz CT molecular complexity index is 957. The average molecular weight is 408 g/mol. The second kappa shape index (κ2) is 8.44. The number of allylic oxidation sites excluding steroid dienone is 2. The van der Waals surface area contributed by atoms with Crippen molar-refractivity contribution in [3.63, 3.8) is 0 Å². The maximum absolute atomic E-state index is 12.8. The van der Waals surface area contributed by atoms with Crippen molar-refractivity contribution in [3.8, 4) is 0 Å². The zero-order chi connectivity index (χ0) is 19.6. The van der Waals surface area contributed by atoms with E-state index in [0.29, 0.717) is 5.56 Å². The summed E-state index contributed by atoms with van der Waals surface area (Å²) < 4.78 is 3.23. The molecule has 5 nitrogen and oxygen atoms in total. The van der Waals surface area contributed by atoms with Gasteiger partial charge in [-0.1, -0.05) is 34.9 Å². The van der Waals surface area contributed by atoms with Gasteiger partial charge in [0, 0.05) is 23.5 Å². The van der Waals surface area contributed by atoms with Gasteiger partial charge in [-0.15, -0.1) is 0 Å². The highest BCUT2D eigenvalue weighted by Crippen LogP contribution is 2.23. The van der Waals surface area contributed by atoms with E-state index >= 15 is 0 Å². The maximum Gasteiger partial charge on any atom is 0.287 e. The summed E-state index contributed by atoms with van der Waals surface area (Å²) in [6.45, 7) is 4.65. The van der Waals surface area contributed by atoms with Gasteiger partial charge in [-0.25, -0.2) is 4.68 Å². The van der Waals surface area contributed by atoms with Crippen molar-refractivity contribution in [2.24, 2.45) is 0 Å². The minimum atomic E-state index is -0.560. The molecule has 0 aromatic carbocycles. The van der Waals surface area contributed by atoms with Crippen molar-refractivity contribution < 1.29 is 4.79 Å². The molecule has 7 heteroatoms. The second-order valence-electron chi connectivity index (χ2n) is 6.99. The van der Waals surface area contributed by atoms with Crippen molar-refractivity contribution in [3.05, 3.63) is 61.3 Å². The molecule has 0 amide bonds. The van der Waals surface area contributed by atoms with E-state index in [1.165, 1.54) is 37.5 Å². The zero-order valence-electron chi connectivity index (χ0n) is 15.6. The van der Waals surface area contributed by atoms with Gasteiger partial charge in [-0.05, 0) is 52.0 Å². The molecule has 0 bridgehead atoms. The lowest BCUT2D eigenvalue weighted by molar-refractivity contribution is 0.0965. The molecule has 144 valence electrons. The molecule has 1 aliphatic carbocycles. The van der Waals surface area contributed by atoms with E-state index in [0.717, 1.165) is 29.0 Å². The molecule has 0 fully saturated rings. The van der Waals surface area contributed by atoms with Crippen LogP contribution in [0.4, 0.5) is 0 Å². The van der Waals surface area contributed by atoms with E-state index in [2.05, 4.69) is 15.7 Å². The number of hydrogen-bond acceptors (Lipinski definition) is 3. The number of ketones is 1. The van der Waals surface area contributed by atoms with Gasteiger partial charge in [-0.3, -0.25) is 9.59 Å². The van der Waals surface area contributed by atoms with Crippen LogP contribution in [0.2, 0.25) is 10.0 Å². The zero-order valence-corrected chi connectivity index (χ0v) is 17.1. The third-order valence-corrected chi connectivity index (χ3v) is 5.90. The number of carbonyl (C=O) groups excluding carboxylic acids is 1. The monoisotopic (exact) mass is 407 g/mol. The number of halogens is 2. The van der Waals surface area contributed by atoms with Gasteiger partial charge in [-0.2, -0.15) is 5.10 Å². The largest absolute Gasteiger partial charge is 0.348 e. The first-order chi connectivity index (χ1) is 12.9. The van der Waals surface area contributed by atoms with Crippen molar-refractivity contribution in [2.75, 3.05) is 0 Å². The Morgan fingerprint density at radius 2 is 2.04 bits per heavy atom. The van der Waals surface area contributed by atoms with Crippen LogP contribution in [-0.2, 0) is 13.1 Å². The summed E-state index contributed by atoms with van der Waals surface area (Å²) in [7, 11) is 0. The highest BCUT2D eigenvalue weighted by molar-refractivity contribution is 6.41. The Morgan fingerprint density at radius 1 is 1.26 bits per heavy atom. The molecule has 27 heavy (non-hydrogen) atoms. The molecule has 0 radical (unpaired) electrons. The van der Waals surface area contributed by atoms with Crippen LogP contribution in [0.25, 0.3) is 0 Å². The summed E-state index contributed by atoms with van der Waals surface area (Å²) in [6, 6.07) is 1.88. The fourth-order valence-electron chi connectivity index (χ4n) is 3.59. The van der Waals surface area contributed by atoms with Crippen LogP contribution in [0.3, 0.4) is 0 Å². The van der Waals surface area contributed by atoms with Crippen molar-refractivity contribution in [2.45, 2.75) is 59.0 Å². The van der Waals surface area contributed by atoms with E-state index < -0.39 is 5.56 Å². The molecule has 0 saturated carbocycles. The Morgan fingerprint density at radius 3 is 2.74 bits per heavy atom. The molecule has 3 rings (SSSR count). The third kappa shape index (κ3) is 4.36. The van der Waals surface area contributed by atoms with Gasteiger partial charge >= 0.3 is 0 Å². The topological polar surface area (TPSA) is 56.9 Å². The number of aromatic nitrogens is 3. The molecular weight excluding hydrogens is 385 g/mol. The van der Waals surface area contributed by atoms with Gasteiger partial charge in [0.15, 0.2) is 5.78 Å². The van der Waals surface area contributed by atoms with Crippen LogP contribution in [0.5, 0.6) is 0 Å². The molecule has 0 aliphatic heterocycles. The molecule has 0 N–H and O–H groups in total. The number of nitrogens with zero attached hydrogens (tertiary/aromatic N) is 3. The molecular formula is C20H23Cl2N3O2. The minimum absolute atomic E-state index is 0.0839. The van der Waals surface area contributed by atoms with E-state index in [-0.39, 0.29) is 22.4 Å². The van der Waals surface area contributed by atoms with E-state index in [4.69, 9.17) is 23.2 Å². The van der Waals surface area contributed by atoms with Gasteiger partial charge in [0.25, 0.3) is 5.56 Å². The summed E-state index contributed by atoms with van der Waals surface area (Å²) >= 11 is 11.6. The fraction of sp³-hybridized carbons (Fsp3) is 0.450. The molecule has 0 unspecified atom stereocenters. The molecule has 1 aliphatic rings. The van der Waals surface area contributed by atoms with Crippen LogP contribution in [-0.4, -0.2) is 20.1 Å². The minimum Gasteiger partial charge on any atom is -0.348 e. The summed E-state index contributed by atoms with van der Waals surface area (Å²) in [5.41, 5.74) is 3.53. The summed E-state index contributed by atoms with van der Waals surface area (Å²) in [4.78, 5) is 24.9. The first-order valence-corrected chi connectivity index (χ1v) is 9.93. The standard InChI is InChI=1S/C20H23Cl2N3O2/c1-13-10-16(14(2)24(13)9-8-15-6-4-3-5-7-15)18(26)12-25-20(27)19(22)17(21)11-23-25/h6,10-11H,3-5,7-9,12H2,1-2H3. The number of Topliss-reactive ketones (excluding diaryl/α,β-unsaturated/α-hetero) is 1. The van der Waals surface area contributed by atoms with Crippen molar-refractivity contribution in [1.29, 1.82) is 0 Å². The summed E-state index contributed by atoms with van der Waals surface area (Å²) in [5, 5.41) is 3.88. The number of carbonyl (C=O) groups is 1. The maximum atomic E-state index is 12.8. The first kappa shape index (κ1) is 19.9. The van der Waals surface area contributed by atoms with Gasteiger partial charge in [0.05, 0.1) is 11.2 Å². The summed E-state index contributed by atoms with van der Waals surface area (Å²) in [6.07, 6.45) is 9.55. The molecule has 0 atom stereocenters. The predicted molar refractivity (Wildman–Crippen MR) is 108 cm³/mol. The number of rotatable bonds is 6. The Labute approximate surface area is 168 Å². The third-order valence-electron chi connectivity index (χ3n) is 5.15. The van der Waals surface area contributed by atoms with Crippen LogP contribution in [0, 0.1) is 13.8 Å². The van der Waals surface area contributed by atoms with Crippen LogP contribution in [0.15, 0.2) is 28.7 Å². The predicted octanol–water partition coefficient (Wildman–Crippen LogP) is 4.74. The molecule has 0 saturated heterocycles. The average Bonchev–Trinajstić information content (AvgIpc) is 2.95. The molecule has 2 aromatic heterocycles. The van der Waals surface area contributed by atoms with E-state index in [1.54, 1.807) is 0 Å². The highest BCUT2D eigenvalue weighted by Gasteiger charge is 2.18.